The molecule has 16 heavy (non-hydrogen) atoms. The largest absolute Gasteiger partial charge is 0.458 e. The third kappa shape index (κ3) is 11.2. The zero-order chi connectivity index (χ0) is 12.2. The first kappa shape index (κ1) is 15.1. The van der Waals surface area contributed by atoms with Crippen molar-refractivity contribution in [3.05, 3.63) is 0 Å². The molecule has 0 rings (SSSR count). The third-order valence-corrected chi connectivity index (χ3v) is 2.50. The van der Waals surface area contributed by atoms with Gasteiger partial charge in [0.25, 0.3) is 0 Å². The SMILES string of the molecule is CCCCCCCCCC(=O)COC(C)=O. The highest BCUT2D eigenvalue weighted by atomic mass is 16.5. The number of carbonyl (C=O) groups excluding carboxylic acids is 2. The van der Waals surface area contributed by atoms with Crippen molar-refractivity contribution in [1.29, 1.82) is 0 Å². The van der Waals surface area contributed by atoms with Crippen LogP contribution >= 0.6 is 0 Å². The van der Waals surface area contributed by atoms with Crippen LogP contribution in [0, 0.1) is 0 Å². The topological polar surface area (TPSA) is 43.4 Å². The highest BCUT2D eigenvalue weighted by Crippen LogP contribution is 2.08. The molecule has 0 spiro atoms. The number of rotatable bonds is 10. The van der Waals surface area contributed by atoms with E-state index in [0.717, 1.165) is 12.8 Å². The predicted molar refractivity (Wildman–Crippen MR) is 64.3 cm³/mol. The Morgan fingerprint density at radius 3 is 2.06 bits per heavy atom. The highest BCUT2D eigenvalue weighted by molar-refractivity contribution is 5.81. The molecule has 0 aliphatic heterocycles. The maximum Gasteiger partial charge on any atom is 0.303 e. The highest BCUT2D eigenvalue weighted by Gasteiger charge is 2.03. The molecular formula is C13H24O3. The van der Waals surface area contributed by atoms with Crippen molar-refractivity contribution in [2.75, 3.05) is 6.61 Å². The summed E-state index contributed by atoms with van der Waals surface area (Å²) in [6.07, 6.45) is 8.93. The van der Waals surface area contributed by atoms with E-state index in [1.54, 1.807) is 0 Å². The van der Waals surface area contributed by atoms with Crippen molar-refractivity contribution in [3.8, 4) is 0 Å². The molecular weight excluding hydrogens is 204 g/mol. The second-order valence-electron chi connectivity index (χ2n) is 4.19. The molecule has 0 N–H and O–H groups in total. The summed E-state index contributed by atoms with van der Waals surface area (Å²) in [5.74, 6) is -0.350. The molecule has 0 saturated carbocycles. The summed E-state index contributed by atoms with van der Waals surface area (Å²) in [5, 5.41) is 0. The van der Waals surface area contributed by atoms with Crippen LogP contribution in [0.3, 0.4) is 0 Å². The lowest BCUT2D eigenvalue weighted by atomic mass is 10.1. The van der Waals surface area contributed by atoms with Gasteiger partial charge in [-0.1, -0.05) is 45.4 Å². The van der Waals surface area contributed by atoms with Crippen LogP contribution in [0.5, 0.6) is 0 Å². The van der Waals surface area contributed by atoms with Crippen molar-refractivity contribution >= 4 is 11.8 Å². The molecule has 0 saturated heterocycles. The minimum atomic E-state index is -0.382. The van der Waals surface area contributed by atoms with Gasteiger partial charge >= 0.3 is 5.97 Å². The van der Waals surface area contributed by atoms with Gasteiger partial charge in [0, 0.05) is 13.3 Å². The van der Waals surface area contributed by atoms with Crippen LogP contribution in [0.25, 0.3) is 0 Å². The number of carbonyl (C=O) groups is 2. The molecule has 0 aliphatic carbocycles. The summed E-state index contributed by atoms with van der Waals surface area (Å²) in [6.45, 7) is 3.47. The van der Waals surface area contributed by atoms with E-state index in [9.17, 15) is 9.59 Å². The lowest BCUT2D eigenvalue weighted by Gasteiger charge is -2.02. The van der Waals surface area contributed by atoms with Gasteiger partial charge < -0.3 is 4.74 Å². The van der Waals surface area contributed by atoms with Gasteiger partial charge in [0.15, 0.2) is 5.78 Å². The lowest BCUT2D eigenvalue weighted by Crippen LogP contribution is -2.11. The van der Waals surface area contributed by atoms with E-state index < -0.39 is 0 Å². The molecule has 0 fully saturated rings. The van der Waals surface area contributed by atoms with Gasteiger partial charge in [-0.05, 0) is 6.42 Å². The van der Waals surface area contributed by atoms with E-state index in [4.69, 9.17) is 0 Å². The van der Waals surface area contributed by atoms with Crippen LogP contribution in [0.1, 0.15) is 65.2 Å². The zero-order valence-electron chi connectivity index (χ0n) is 10.6. The minimum Gasteiger partial charge on any atom is -0.458 e. The molecule has 0 amide bonds. The van der Waals surface area contributed by atoms with Crippen LogP contribution in [0.2, 0.25) is 0 Å². The number of unbranched alkanes of at least 4 members (excludes halogenated alkanes) is 6. The Labute approximate surface area is 98.6 Å². The lowest BCUT2D eigenvalue weighted by molar-refractivity contribution is -0.145. The van der Waals surface area contributed by atoms with Gasteiger partial charge in [0.05, 0.1) is 0 Å². The minimum absolute atomic E-state index is 0.0313. The summed E-state index contributed by atoms with van der Waals surface area (Å²) in [7, 11) is 0. The smallest absolute Gasteiger partial charge is 0.303 e. The first-order valence-corrected chi connectivity index (χ1v) is 6.32. The Bertz CT molecular complexity index is 199. The number of Topliss-reactive ketones (excluding diaryl/α,β-unsaturated/α-hetero) is 1. The van der Waals surface area contributed by atoms with Gasteiger partial charge in [0.1, 0.15) is 6.61 Å². The van der Waals surface area contributed by atoms with Gasteiger partial charge in [0.2, 0.25) is 0 Å². The monoisotopic (exact) mass is 228 g/mol. The van der Waals surface area contributed by atoms with E-state index in [1.165, 1.54) is 39.0 Å². The van der Waals surface area contributed by atoms with Crippen molar-refractivity contribution in [1.82, 2.24) is 0 Å². The predicted octanol–water partition coefficient (Wildman–Crippen LogP) is 3.26. The second kappa shape index (κ2) is 10.7. The third-order valence-electron chi connectivity index (χ3n) is 2.50. The molecule has 0 aromatic heterocycles. The van der Waals surface area contributed by atoms with Gasteiger partial charge in [-0.25, -0.2) is 0 Å². The van der Waals surface area contributed by atoms with Crippen molar-refractivity contribution < 1.29 is 14.3 Å². The zero-order valence-corrected chi connectivity index (χ0v) is 10.6. The van der Waals surface area contributed by atoms with Crippen molar-refractivity contribution in [3.63, 3.8) is 0 Å². The molecule has 0 atom stereocenters. The Morgan fingerprint density at radius 1 is 0.938 bits per heavy atom. The molecule has 0 radical (unpaired) electrons. The molecule has 0 aliphatic rings. The van der Waals surface area contributed by atoms with Crippen LogP contribution in [-0.4, -0.2) is 18.4 Å². The number of ketones is 1. The first-order chi connectivity index (χ1) is 7.66. The maximum absolute atomic E-state index is 11.2. The van der Waals surface area contributed by atoms with Crippen molar-refractivity contribution in [2.45, 2.75) is 65.2 Å². The number of ether oxygens (including phenoxy) is 1. The Hall–Kier alpha value is -0.860. The second-order valence-corrected chi connectivity index (χ2v) is 4.19. The molecule has 0 bridgehead atoms. The van der Waals surface area contributed by atoms with Crippen LogP contribution in [-0.2, 0) is 14.3 Å². The Morgan fingerprint density at radius 2 is 1.50 bits per heavy atom. The fourth-order valence-corrected chi connectivity index (χ4v) is 1.53. The van der Waals surface area contributed by atoms with E-state index in [1.807, 2.05) is 0 Å². The number of hydrogen-bond donors (Lipinski definition) is 0. The quantitative estimate of drug-likeness (QED) is 0.426. The fourth-order valence-electron chi connectivity index (χ4n) is 1.53. The van der Waals surface area contributed by atoms with Crippen LogP contribution in [0.4, 0.5) is 0 Å². The van der Waals surface area contributed by atoms with Crippen LogP contribution in [0.15, 0.2) is 0 Å². The average Bonchev–Trinajstić information content (AvgIpc) is 2.25. The molecule has 0 unspecified atom stereocenters. The standard InChI is InChI=1S/C13H24O3/c1-3-4-5-6-7-8-9-10-13(15)11-16-12(2)14/h3-11H2,1-2H3. The summed E-state index contributed by atoms with van der Waals surface area (Å²) in [4.78, 5) is 21.7. The number of hydrogen-bond acceptors (Lipinski definition) is 3. The molecule has 0 aromatic rings. The van der Waals surface area contributed by atoms with Gasteiger partial charge in [-0.2, -0.15) is 0 Å². The number of esters is 1. The molecule has 0 aromatic carbocycles. The van der Waals surface area contributed by atoms with E-state index in [-0.39, 0.29) is 18.4 Å². The summed E-state index contributed by atoms with van der Waals surface area (Å²) < 4.78 is 4.63. The summed E-state index contributed by atoms with van der Waals surface area (Å²) in [5.41, 5.74) is 0. The maximum atomic E-state index is 11.2. The normalized spacial score (nSPS) is 10.1. The van der Waals surface area contributed by atoms with E-state index in [0.29, 0.717) is 6.42 Å². The van der Waals surface area contributed by atoms with Crippen LogP contribution < -0.4 is 0 Å². The molecule has 94 valence electrons. The average molecular weight is 228 g/mol. The van der Waals surface area contributed by atoms with E-state index >= 15 is 0 Å². The Balaban J connectivity index is 3.18. The molecule has 3 nitrogen and oxygen atoms in total. The first-order valence-electron chi connectivity index (χ1n) is 6.32. The molecule has 0 heterocycles. The van der Waals surface area contributed by atoms with E-state index in [2.05, 4.69) is 11.7 Å². The summed E-state index contributed by atoms with van der Waals surface area (Å²) >= 11 is 0. The van der Waals surface area contributed by atoms with Crippen molar-refractivity contribution in [2.24, 2.45) is 0 Å². The fraction of sp³-hybridized carbons (Fsp3) is 0.846. The summed E-state index contributed by atoms with van der Waals surface area (Å²) in [6, 6.07) is 0. The molecule has 3 heteroatoms. The van der Waals surface area contributed by atoms with Gasteiger partial charge in [-0.3, -0.25) is 9.59 Å². The Kier molecular flexibility index (Phi) is 10.1. The van der Waals surface area contributed by atoms with Gasteiger partial charge in [-0.15, -0.1) is 0 Å².